The van der Waals surface area contributed by atoms with Crippen LogP contribution in [0.1, 0.15) is 6.92 Å². The van der Waals surface area contributed by atoms with Gasteiger partial charge in [-0.2, -0.15) is 0 Å². The summed E-state index contributed by atoms with van der Waals surface area (Å²) in [5.74, 6) is -0.296. The molecule has 1 N–H and O–H groups in total. The predicted octanol–water partition coefficient (Wildman–Crippen LogP) is 1.85. The van der Waals surface area contributed by atoms with Crippen LogP contribution in [0.25, 0.3) is 10.8 Å². The van der Waals surface area contributed by atoms with E-state index in [-0.39, 0.29) is 18.6 Å². The van der Waals surface area contributed by atoms with Crippen molar-refractivity contribution in [1.82, 2.24) is 9.80 Å². The Morgan fingerprint density at radius 2 is 2.04 bits per heavy atom. The quantitative estimate of drug-likeness (QED) is 0.782. The Morgan fingerprint density at radius 3 is 2.82 bits per heavy atom. The van der Waals surface area contributed by atoms with Crippen molar-refractivity contribution in [3.8, 4) is 5.75 Å². The fraction of sp³-hybridized carbons (Fsp3) is 0.429. The van der Waals surface area contributed by atoms with Gasteiger partial charge in [-0.05, 0) is 25.4 Å². The molecule has 2 unspecified atom stereocenters. The largest absolute Gasteiger partial charge is 0.480 e. The van der Waals surface area contributed by atoms with Gasteiger partial charge in [-0.3, -0.25) is 14.5 Å². The van der Waals surface area contributed by atoms with E-state index >= 15 is 0 Å². The molecule has 150 valence electrons. The monoisotopic (exact) mass is 386 g/mol. The van der Waals surface area contributed by atoms with E-state index in [9.17, 15) is 9.59 Å². The Labute approximate surface area is 164 Å². The maximum atomic E-state index is 12.9. The summed E-state index contributed by atoms with van der Waals surface area (Å²) in [4.78, 5) is 27.1. The van der Waals surface area contributed by atoms with Crippen molar-refractivity contribution in [2.45, 2.75) is 19.1 Å². The van der Waals surface area contributed by atoms with Crippen LogP contribution in [0.2, 0.25) is 0 Å². The molecule has 0 aliphatic carbocycles. The van der Waals surface area contributed by atoms with Crippen LogP contribution < -0.4 is 4.74 Å². The Balaban J connectivity index is 1.61. The topological polar surface area (TPSA) is 79.3 Å². The summed E-state index contributed by atoms with van der Waals surface area (Å²) < 4.78 is 11.7. The van der Waals surface area contributed by atoms with E-state index in [0.29, 0.717) is 32.0 Å². The van der Waals surface area contributed by atoms with Crippen LogP contribution in [0, 0.1) is 0 Å². The number of amides is 1. The summed E-state index contributed by atoms with van der Waals surface area (Å²) >= 11 is 0. The number of carboxylic acid groups (broad SMARTS) is 1. The van der Waals surface area contributed by atoms with E-state index in [0.717, 1.165) is 10.8 Å². The number of aliphatic carboxylic acids is 1. The van der Waals surface area contributed by atoms with Crippen LogP contribution in [-0.2, 0) is 14.3 Å². The molecular weight excluding hydrogens is 360 g/mol. The normalized spacial score (nSPS) is 18.2. The van der Waals surface area contributed by atoms with E-state index in [2.05, 4.69) is 0 Å². The van der Waals surface area contributed by atoms with Gasteiger partial charge in [-0.25, -0.2) is 0 Å². The van der Waals surface area contributed by atoms with Crippen molar-refractivity contribution in [3.05, 3.63) is 42.5 Å². The highest BCUT2D eigenvalue weighted by Gasteiger charge is 2.29. The maximum absolute atomic E-state index is 12.9. The number of rotatable bonds is 7. The van der Waals surface area contributed by atoms with Gasteiger partial charge in [-0.15, -0.1) is 0 Å². The summed E-state index contributed by atoms with van der Waals surface area (Å²) in [6, 6.07) is 13.7. The van der Waals surface area contributed by atoms with Crippen molar-refractivity contribution < 1.29 is 24.2 Å². The molecule has 2 aromatic rings. The Bertz CT molecular complexity index is 835. The highest BCUT2D eigenvalue weighted by atomic mass is 16.5. The van der Waals surface area contributed by atoms with Crippen molar-refractivity contribution in [3.63, 3.8) is 0 Å². The molecule has 1 saturated heterocycles. The van der Waals surface area contributed by atoms with E-state index < -0.39 is 12.1 Å². The minimum atomic E-state index is -0.886. The molecule has 7 nitrogen and oxygen atoms in total. The number of ether oxygens (including phenoxy) is 2. The Kier molecular flexibility index (Phi) is 6.49. The number of carbonyl (C=O) groups excluding carboxylic acids is 1. The molecule has 1 heterocycles. The van der Waals surface area contributed by atoms with Crippen molar-refractivity contribution in [2.75, 3.05) is 39.8 Å². The first-order valence-electron chi connectivity index (χ1n) is 9.39. The van der Waals surface area contributed by atoms with Gasteiger partial charge in [0, 0.05) is 25.0 Å². The smallest absolute Gasteiger partial charge is 0.317 e. The average Bonchev–Trinajstić information content (AvgIpc) is 2.67. The van der Waals surface area contributed by atoms with Gasteiger partial charge >= 0.3 is 5.97 Å². The lowest BCUT2D eigenvalue weighted by atomic mass is 10.1. The highest BCUT2D eigenvalue weighted by Crippen LogP contribution is 2.26. The number of hydrogen-bond donors (Lipinski definition) is 1. The second-order valence-electron chi connectivity index (χ2n) is 7.10. The first-order chi connectivity index (χ1) is 13.4. The minimum absolute atomic E-state index is 0.0611. The predicted molar refractivity (Wildman–Crippen MR) is 105 cm³/mol. The molecule has 2 aromatic carbocycles. The second kappa shape index (κ2) is 9.03. The highest BCUT2D eigenvalue weighted by molar-refractivity contribution is 5.89. The molecule has 0 saturated carbocycles. The number of nitrogens with zero attached hydrogens (tertiary/aromatic N) is 2. The zero-order valence-electron chi connectivity index (χ0n) is 16.2. The van der Waals surface area contributed by atoms with E-state index in [1.165, 1.54) is 0 Å². The van der Waals surface area contributed by atoms with Gasteiger partial charge in [-0.1, -0.05) is 36.4 Å². The first-order valence-corrected chi connectivity index (χ1v) is 9.39. The number of morpholine rings is 1. The minimum Gasteiger partial charge on any atom is -0.480 e. The van der Waals surface area contributed by atoms with Crippen LogP contribution in [0.5, 0.6) is 5.75 Å². The Morgan fingerprint density at radius 1 is 1.29 bits per heavy atom. The molecule has 3 rings (SSSR count). The van der Waals surface area contributed by atoms with Crippen LogP contribution in [0.4, 0.5) is 0 Å². The lowest BCUT2D eigenvalue weighted by molar-refractivity contribution is -0.147. The van der Waals surface area contributed by atoms with Crippen LogP contribution in [0.15, 0.2) is 42.5 Å². The molecule has 1 aliphatic rings. The first kappa shape index (κ1) is 20.1. The summed E-state index contributed by atoms with van der Waals surface area (Å²) in [7, 11) is 1.73. The van der Waals surface area contributed by atoms with E-state index in [4.69, 9.17) is 14.6 Å². The molecule has 1 fully saturated rings. The fourth-order valence-electron chi connectivity index (χ4n) is 3.47. The van der Waals surface area contributed by atoms with E-state index in [1.54, 1.807) is 23.8 Å². The fourth-order valence-corrected chi connectivity index (χ4v) is 3.47. The number of fused-ring (bicyclic) bond motifs is 1. The van der Waals surface area contributed by atoms with Gasteiger partial charge in [0.05, 0.1) is 19.3 Å². The number of likely N-dealkylation sites (N-methyl/N-ethyl adjacent to an activating group) is 1. The average molecular weight is 386 g/mol. The number of hydrogen-bond acceptors (Lipinski definition) is 5. The SMILES string of the molecule is CC(Oc1cccc2ccccc12)C(=O)N1CCOC(CN(C)CC(=O)O)C1. The molecule has 1 amide bonds. The van der Waals surface area contributed by atoms with Crippen molar-refractivity contribution >= 4 is 22.6 Å². The third-order valence-electron chi connectivity index (χ3n) is 4.77. The van der Waals surface area contributed by atoms with Gasteiger partial charge in [0.2, 0.25) is 0 Å². The molecule has 2 atom stereocenters. The molecule has 1 aliphatic heterocycles. The Hall–Kier alpha value is -2.64. The number of benzene rings is 2. The molecular formula is C21H26N2O5. The second-order valence-corrected chi connectivity index (χ2v) is 7.10. The molecule has 0 bridgehead atoms. The molecule has 7 heteroatoms. The standard InChI is InChI=1S/C21H26N2O5/c1-15(28-19-9-5-7-16-6-3-4-8-18(16)19)21(26)23-10-11-27-17(13-23)12-22(2)14-20(24)25/h3-9,15,17H,10-14H2,1-2H3,(H,24,25). The van der Waals surface area contributed by atoms with Crippen molar-refractivity contribution in [1.29, 1.82) is 0 Å². The van der Waals surface area contributed by atoms with Crippen molar-refractivity contribution in [2.24, 2.45) is 0 Å². The molecule has 0 spiro atoms. The van der Waals surface area contributed by atoms with Gasteiger partial charge < -0.3 is 19.5 Å². The van der Waals surface area contributed by atoms with Crippen LogP contribution in [-0.4, -0.2) is 78.8 Å². The third kappa shape index (κ3) is 4.99. The van der Waals surface area contributed by atoms with Gasteiger partial charge in [0.1, 0.15) is 5.75 Å². The number of carboxylic acids is 1. The molecule has 28 heavy (non-hydrogen) atoms. The van der Waals surface area contributed by atoms with Gasteiger partial charge in [0.15, 0.2) is 6.10 Å². The van der Waals surface area contributed by atoms with Crippen LogP contribution >= 0.6 is 0 Å². The molecule has 0 radical (unpaired) electrons. The molecule has 0 aromatic heterocycles. The lowest BCUT2D eigenvalue weighted by Crippen LogP contribution is -2.52. The summed E-state index contributed by atoms with van der Waals surface area (Å²) in [6.07, 6.45) is -0.840. The third-order valence-corrected chi connectivity index (χ3v) is 4.77. The summed E-state index contributed by atoms with van der Waals surface area (Å²) in [5, 5.41) is 10.9. The summed E-state index contributed by atoms with van der Waals surface area (Å²) in [6.45, 7) is 3.50. The zero-order chi connectivity index (χ0) is 20.1. The van der Waals surface area contributed by atoms with Crippen LogP contribution in [0.3, 0.4) is 0 Å². The lowest BCUT2D eigenvalue weighted by Gasteiger charge is -2.35. The zero-order valence-corrected chi connectivity index (χ0v) is 16.2. The summed E-state index contributed by atoms with van der Waals surface area (Å²) in [5.41, 5.74) is 0. The maximum Gasteiger partial charge on any atom is 0.317 e. The number of carbonyl (C=O) groups is 2. The van der Waals surface area contributed by atoms with Gasteiger partial charge in [0.25, 0.3) is 5.91 Å². The van der Waals surface area contributed by atoms with E-state index in [1.807, 2.05) is 42.5 Å².